The van der Waals surface area contributed by atoms with Crippen LogP contribution in [0.3, 0.4) is 0 Å². The second-order valence-corrected chi connectivity index (χ2v) is 8.53. The molecule has 3 aliphatic rings. The van der Waals surface area contributed by atoms with E-state index in [-0.39, 0.29) is 23.5 Å². The lowest BCUT2D eigenvalue weighted by atomic mass is 9.56. The Kier molecular flexibility index (Phi) is 5.22. The number of hydrogen-bond acceptors (Lipinski definition) is 4. The van der Waals surface area contributed by atoms with Gasteiger partial charge < -0.3 is 9.47 Å². The molecule has 0 N–H and O–H groups in total. The number of rotatable bonds is 4. The molecule has 0 amide bonds. The number of carbonyl (C=O) groups is 2. The maximum atomic E-state index is 11.8. The number of carbonyl (C=O) groups excluding carboxylic acids is 2. The maximum Gasteiger partial charge on any atom is 0.306 e. The first-order valence-electron chi connectivity index (χ1n) is 9.75. The van der Waals surface area contributed by atoms with Crippen molar-refractivity contribution in [2.75, 3.05) is 6.61 Å². The van der Waals surface area contributed by atoms with Crippen molar-refractivity contribution in [3.8, 4) is 0 Å². The second-order valence-electron chi connectivity index (χ2n) is 8.53. The normalized spacial score (nSPS) is 41.2. The van der Waals surface area contributed by atoms with E-state index in [9.17, 15) is 9.59 Å². The number of ether oxygens (including phenoxy) is 2. The predicted octanol–water partition coefficient (Wildman–Crippen LogP) is 4.11. The summed E-state index contributed by atoms with van der Waals surface area (Å²) in [6.07, 6.45) is 8.86. The second kappa shape index (κ2) is 7.05. The zero-order chi connectivity index (χ0) is 17.3. The first-order chi connectivity index (χ1) is 11.4. The number of hydrogen-bond donors (Lipinski definition) is 0. The molecule has 4 heteroatoms. The lowest BCUT2D eigenvalue weighted by Crippen LogP contribution is -2.45. The van der Waals surface area contributed by atoms with Crippen molar-refractivity contribution >= 4 is 11.9 Å². The van der Waals surface area contributed by atoms with E-state index in [0.717, 1.165) is 24.7 Å². The topological polar surface area (TPSA) is 52.6 Å². The van der Waals surface area contributed by atoms with Gasteiger partial charge in [-0.1, -0.05) is 6.92 Å². The van der Waals surface area contributed by atoms with Crippen LogP contribution >= 0.6 is 0 Å². The van der Waals surface area contributed by atoms with Crippen LogP contribution in [0.5, 0.6) is 0 Å². The summed E-state index contributed by atoms with van der Waals surface area (Å²) >= 11 is 0. The summed E-state index contributed by atoms with van der Waals surface area (Å²) in [5.74, 6) is 2.48. The van der Waals surface area contributed by atoms with Gasteiger partial charge in [0.15, 0.2) is 0 Å². The van der Waals surface area contributed by atoms with E-state index in [2.05, 4.69) is 6.92 Å². The van der Waals surface area contributed by atoms with Crippen molar-refractivity contribution in [3.63, 3.8) is 0 Å². The summed E-state index contributed by atoms with van der Waals surface area (Å²) < 4.78 is 10.8. The summed E-state index contributed by atoms with van der Waals surface area (Å²) in [7, 11) is 0. The van der Waals surface area contributed by atoms with Crippen molar-refractivity contribution in [2.24, 2.45) is 29.1 Å². The Morgan fingerprint density at radius 1 is 1.08 bits per heavy atom. The van der Waals surface area contributed by atoms with E-state index in [1.165, 1.54) is 39.0 Å². The predicted molar refractivity (Wildman–Crippen MR) is 91.2 cm³/mol. The molecule has 0 aromatic carbocycles. The van der Waals surface area contributed by atoms with Crippen molar-refractivity contribution in [1.82, 2.24) is 0 Å². The highest BCUT2D eigenvalue weighted by molar-refractivity contribution is 5.69. The van der Waals surface area contributed by atoms with Crippen LogP contribution in [-0.2, 0) is 19.1 Å². The maximum absolute atomic E-state index is 11.8. The zero-order valence-electron chi connectivity index (χ0n) is 15.4. The first kappa shape index (κ1) is 17.8. The molecule has 0 aromatic heterocycles. The lowest BCUT2D eigenvalue weighted by molar-refractivity contribution is -0.155. The zero-order valence-corrected chi connectivity index (χ0v) is 15.4. The fourth-order valence-electron chi connectivity index (χ4n) is 5.91. The smallest absolute Gasteiger partial charge is 0.306 e. The van der Waals surface area contributed by atoms with Gasteiger partial charge in [0.2, 0.25) is 0 Å². The summed E-state index contributed by atoms with van der Waals surface area (Å²) in [6.45, 7) is 6.23. The Balaban J connectivity index is 1.61. The lowest BCUT2D eigenvalue weighted by Gasteiger charge is -2.50. The summed E-state index contributed by atoms with van der Waals surface area (Å²) in [6, 6.07) is 0. The van der Waals surface area contributed by atoms with Gasteiger partial charge in [-0.2, -0.15) is 0 Å². The van der Waals surface area contributed by atoms with Gasteiger partial charge >= 0.3 is 11.9 Å². The third-order valence-electron chi connectivity index (χ3n) is 7.05. The molecule has 3 saturated carbocycles. The standard InChI is InChI=1S/C20H32O4/c1-4-23-19(22)10-14-5-6-15-12-20(3)17(11-16(15)9-14)7-8-18(20)24-13(2)21/h14-18H,4-12H2,1-3H3/t14-,15+,16+,17-,18-,20-/m0/s1. The van der Waals surface area contributed by atoms with Crippen LogP contribution in [-0.4, -0.2) is 24.6 Å². The summed E-state index contributed by atoms with van der Waals surface area (Å²) in [5.41, 5.74) is 0.167. The van der Waals surface area contributed by atoms with Gasteiger partial charge in [-0.15, -0.1) is 0 Å². The van der Waals surface area contributed by atoms with Gasteiger partial charge in [-0.05, 0) is 75.5 Å². The van der Waals surface area contributed by atoms with Gasteiger partial charge in [0.25, 0.3) is 0 Å². The molecule has 3 fully saturated rings. The molecule has 0 bridgehead atoms. The van der Waals surface area contributed by atoms with Crippen LogP contribution in [0.15, 0.2) is 0 Å². The molecule has 136 valence electrons. The molecule has 0 radical (unpaired) electrons. The van der Waals surface area contributed by atoms with Gasteiger partial charge in [-0.3, -0.25) is 9.59 Å². The molecule has 0 spiro atoms. The quantitative estimate of drug-likeness (QED) is 0.725. The molecular weight excluding hydrogens is 304 g/mol. The van der Waals surface area contributed by atoms with Crippen LogP contribution in [0.4, 0.5) is 0 Å². The Bertz CT molecular complexity index is 488. The molecule has 0 heterocycles. The van der Waals surface area contributed by atoms with E-state index >= 15 is 0 Å². The van der Waals surface area contributed by atoms with Crippen LogP contribution in [0.1, 0.15) is 72.1 Å². The van der Waals surface area contributed by atoms with Crippen molar-refractivity contribution in [1.29, 1.82) is 0 Å². The Morgan fingerprint density at radius 2 is 1.88 bits per heavy atom. The van der Waals surface area contributed by atoms with Crippen LogP contribution < -0.4 is 0 Å². The highest BCUT2D eigenvalue weighted by Crippen LogP contribution is 2.59. The minimum atomic E-state index is -0.137. The largest absolute Gasteiger partial charge is 0.466 e. The fraction of sp³-hybridized carbons (Fsp3) is 0.900. The molecule has 0 aliphatic heterocycles. The van der Waals surface area contributed by atoms with Gasteiger partial charge in [0, 0.05) is 18.8 Å². The van der Waals surface area contributed by atoms with Gasteiger partial charge in [-0.25, -0.2) is 0 Å². The SMILES string of the molecule is CCOC(=O)C[C@H]1CC[C@@H]2C[C@@]3(C)[C@@H](CC[C@@H]3OC(C)=O)C[C@H]2C1. The average Bonchev–Trinajstić information content (AvgIpc) is 2.81. The van der Waals surface area contributed by atoms with E-state index in [4.69, 9.17) is 9.47 Å². The Labute approximate surface area is 145 Å². The molecule has 24 heavy (non-hydrogen) atoms. The minimum Gasteiger partial charge on any atom is -0.466 e. The van der Waals surface area contributed by atoms with E-state index in [0.29, 0.717) is 24.9 Å². The van der Waals surface area contributed by atoms with Crippen molar-refractivity contribution in [3.05, 3.63) is 0 Å². The first-order valence-corrected chi connectivity index (χ1v) is 9.75. The molecule has 3 aliphatic carbocycles. The third-order valence-corrected chi connectivity index (χ3v) is 7.05. The molecular formula is C20H32O4. The van der Waals surface area contributed by atoms with Crippen molar-refractivity contribution < 1.29 is 19.1 Å². The Morgan fingerprint density at radius 3 is 2.58 bits per heavy atom. The minimum absolute atomic E-state index is 0.0302. The molecule has 3 rings (SSSR count). The van der Waals surface area contributed by atoms with Gasteiger partial charge in [0.05, 0.1) is 6.61 Å². The highest BCUT2D eigenvalue weighted by atomic mass is 16.5. The van der Waals surface area contributed by atoms with E-state index in [1.54, 1.807) is 0 Å². The van der Waals surface area contributed by atoms with E-state index < -0.39 is 0 Å². The van der Waals surface area contributed by atoms with Crippen LogP contribution in [0, 0.1) is 29.1 Å². The Hall–Kier alpha value is -1.06. The number of esters is 2. The highest BCUT2D eigenvalue weighted by Gasteiger charge is 2.54. The molecule has 0 saturated heterocycles. The molecule has 4 nitrogen and oxygen atoms in total. The monoisotopic (exact) mass is 336 g/mol. The fourth-order valence-corrected chi connectivity index (χ4v) is 5.91. The molecule has 0 aromatic rings. The third kappa shape index (κ3) is 3.48. The van der Waals surface area contributed by atoms with Crippen LogP contribution in [0.25, 0.3) is 0 Å². The van der Waals surface area contributed by atoms with E-state index in [1.807, 2.05) is 6.92 Å². The summed E-state index contributed by atoms with van der Waals surface area (Å²) in [4.78, 5) is 23.2. The summed E-state index contributed by atoms with van der Waals surface area (Å²) in [5, 5.41) is 0. The average molecular weight is 336 g/mol. The van der Waals surface area contributed by atoms with Gasteiger partial charge in [0.1, 0.15) is 6.10 Å². The number of fused-ring (bicyclic) bond motifs is 2. The molecule has 0 unspecified atom stereocenters. The van der Waals surface area contributed by atoms with Crippen molar-refractivity contribution in [2.45, 2.75) is 78.2 Å². The van der Waals surface area contributed by atoms with Crippen LogP contribution in [0.2, 0.25) is 0 Å². The molecule has 6 atom stereocenters.